The summed E-state index contributed by atoms with van der Waals surface area (Å²) in [5, 5.41) is 11.7. The van der Waals surface area contributed by atoms with Crippen molar-refractivity contribution in [3.63, 3.8) is 0 Å². The first-order valence-corrected chi connectivity index (χ1v) is 5.81. The van der Waals surface area contributed by atoms with Gasteiger partial charge in [-0.2, -0.15) is 0 Å². The number of esters is 1. The van der Waals surface area contributed by atoms with Crippen molar-refractivity contribution in [3.8, 4) is 0 Å². The molecule has 0 spiro atoms. The van der Waals surface area contributed by atoms with Gasteiger partial charge in [-0.3, -0.25) is 0 Å². The summed E-state index contributed by atoms with van der Waals surface area (Å²) in [6, 6.07) is 1.81. The van der Waals surface area contributed by atoms with Crippen molar-refractivity contribution in [3.05, 3.63) is 22.6 Å². The van der Waals surface area contributed by atoms with Crippen molar-refractivity contribution in [2.75, 3.05) is 12.9 Å². The molecule has 0 bridgehead atoms. The highest BCUT2D eigenvalue weighted by atomic mass is 32.2. The summed E-state index contributed by atoms with van der Waals surface area (Å²) in [5.74, 6) is 0.0881. The molecule has 2 rings (SSSR count). The van der Waals surface area contributed by atoms with Crippen LogP contribution < -0.4 is 0 Å². The van der Waals surface area contributed by atoms with Gasteiger partial charge < -0.3 is 9.84 Å². The van der Waals surface area contributed by atoms with Crippen molar-refractivity contribution < 1.29 is 14.6 Å². The van der Waals surface area contributed by atoms with E-state index >= 15 is 0 Å². The van der Waals surface area contributed by atoms with Gasteiger partial charge in [0.2, 0.25) is 0 Å². The van der Waals surface area contributed by atoms with Gasteiger partial charge in [0.25, 0.3) is 0 Å². The molecule has 1 aromatic rings. The van der Waals surface area contributed by atoms with E-state index in [-0.39, 0.29) is 5.76 Å². The molecule has 2 heterocycles. The Morgan fingerprint density at radius 2 is 2.43 bits per heavy atom. The van der Waals surface area contributed by atoms with E-state index in [0.717, 1.165) is 9.77 Å². The van der Waals surface area contributed by atoms with E-state index in [0.29, 0.717) is 11.3 Å². The van der Waals surface area contributed by atoms with E-state index < -0.39 is 5.97 Å². The second-order valence-electron chi connectivity index (χ2n) is 2.73. The smallest absolute Gasteiger partial charge is 0.338 e. The molecule has 0 aromatic carbocycles. The first-order chi connectivity index (χ1) is 6.74. The van der Waals surface area contributed by atoms with E-state index in [1.54, 1.807) is 23.1 Å². The highest BCUT2D eigenvalue weighted by Crippen LogP contribution is 2.39. The summed E-state index contributed by atoms with van der Waals surface area (Å²) in [4.78, 5) is 11.3. The third-order valence-corrected chi connectivity index (χ3v) is 4.21. The first kappa shape index (κ1) is 9.61. The molecule has 14 heavy (non-hydrogen) atoms. The standard InChI is InChI=1S/C9H8O3S2/c1-12-8(11)6-4-14-9-5(7(6)10)2-3-13-9/h2-3,10H,4H2,1H3. The molecule has 1 aliphatic heterocycles. The summed E-state index contributed by atoms with van der Waals surface area (Å²) in [6.45, 7) is 0. The Balaban J connectivity index is 2.45. The van der Waals surface area contributed by atoms with Gasteiger partial charge in [0.15, 0.2) is 0 Å². The van der Waals surface area contributed by atoms with Crippen molar-refractivity contribution in [2.45, 2.75) is 4.21 Å². The van der Waals surface area contributed by atoms with Gasteiger partial charge in [0.05, 0.1) is 16.9 Å². The number of ether oxygens (including phenoxy) is 1. The number of thioether (sulfide) groups is 1. The number of methoxy groups -OCH3 is 1. The fourth-order valence-electron chi connectivity index (χ4n) is 1.23. The molecular formula is C9H8O3S2. The maximum Gasteiger partial charge on any atom is 0.338 e. The van der Waals surface area contributed by atoms with Crippen LogP contribution in [-0.4, -0.2) is 23.9 Å². The Kier molecular flexibility index (Phi) is 2.52. The largest absolute Gasteiger partial charge is 0.507 e. The van der Waals surface area contributed by atoms with Gasteiger partial charge in [0.1, 0.15) is 5.76 Å². The maximum absolute atomic E-state index is 11.3. The quantitative estimate of drug-likeness (QED) is 0.749. The Hall–Kier alpha value is -0.940. The zero-order chi connectivity index (χ0) is 10.1. The second kappa shape index (κ2) is 3.67. The lowest BCUT2D eigenvalue weighted by molar-refractivity contribution is -0.136. The van der Waals surface area contributed by atoms with Crippen molar-refractivity contribution in [2.24, 2.45) is 0 Å². The molecule has 0 saturated carbocycles. The molecule has 0 fully saturated rings. The topological polar surface area (TPSA) is 46.5 Å². The number of hydrogen-bond donors (Lipinski definition) is 1. The van der Waals surface area contributed by atoms with Crippen molar-refractivity contribution >= 4 is 34.8 Å². The van der Waals surface area contributed by atoms with Gasteiger partial charge in [-0.25, -0.2) is 4.79 Å². The van der Waals surface area contributed by atoms with E-state index in [9.17, 15) is 9.90 Å². The molecule has 0 unspecified atom stereocenters. The average Bonchev–Trinajstić information content (AvgIpc) is 2.66. The third kappa shape index (κ3) is 1.42. The highest BCUT2D eigenvalue weighted by molar-refractivity contribution is 8.01. The van der Waals surface area contributed by atoms with E-state index in [1.807, 2.05) is 11.4 Å². The highest BCUT2D eigenvalue weighted by Gasteiger charge is 2.25. The van der Waals surface area contributed by atoms with Crippen molar-refractivity contribution in [1.82, 2.24) is 0 Å². The average molecular weight is 228 g/mol. The van der Waals surface area contributed by atoms with Gasteiger partial charge in [0, 0.05) is 11.3 Å². The number of thiophene rings is 1. The fraction of sp³-hybridized carbons (Fsp3) is 0.222. The predicted octanol–water partition coefficient (Wildman–Crippen LogP) is 2.30. The summed E-state index contributed by atoms with van der Waals surface area (Å²) in [5.41, 5.74) is 1.09. The number of fused-ring (bicyclic) bond motifs is 1. The lowest BCUT2D eigenvalue weighted by Crippen LogP contribution is -2.12. The monoisotopic (exact) mass is 228 g/mol. The maximum atomic E-state index is 11.3. The van der Waals surface area contributed by atoms with Crippen LogP contribution in [0.1, 0.15) is 5.56 Å². The number of aliphatic hydroxyl groups is 1. The van der Waals surface area contributed by atoms with E-state index in [1.165, 1.54) is 7.11 Å². The van der Waals surface area contributed by atoms with Crippen LogP contribution in [0.5, 0.6) is 0 Å². The molecule has 0 radical (unpaired) electrons. The zero-order valence-corrected chi connectivity index (χ0v) is 9.08. The van der Waals surface area contributed by atoms with Crippen LogP contribution in [0.15, 0.2) is 21.2 Å². The normalized spacial score (nSPS) is 15.2. The van der Waals surface area contributed by atoms with Gasteiger partial charge in [-0.05, 0) is 11.4 Å². The SMILES string of the molecule is COC(=O)C1=C(O)c2ccsc2SC1. The Morgan fingerprint density at radius 3 is 3.14 bits per heavy atom. The lowest BCUT2D eigenvalue weighted by Gasteiger charge is -2.13. The summed E-state index contributed by atoms with van der Waals surface area (Å²) < 4.78 is 5.64. The second-order valence-corrected chi connectivity index (χ2v) is 4.89. The molecule has 1 aliphatic rings. The molecule has 0 saturated heterocycles. The molecular weight excluding hydrogens is 220 g/mol. The number of carbonyl (C=O) groups is 1. The molecule has 0 atom stereocenters. The Labute approximate surface area is 89.4 Å². The van der Waals surface area contributed by atoms with Crippen LogP contribution in [0.4, 0.5) is 0 Å². The summed E-state index contributed by atoms with van der Waals surface area (Å²) >= 11 is 3.12. The molecule has 74 valence electrons. The van der Waals surface area contributed by atoms with E-state index in [4.69, 9.17) is 0 Å². The van der Waals surface area contributed by atoms with Gasteiger partial charge in [-0.15, -0.1) is 23.1 Å². The molecule has 0 amide bonds. The molecule has 1 N–H and O–H groups in total. The number of rotatable bonds is 1. The molecule has 0 aliphatic carbocycles. The van der Waals surface area contributed by atoms with Crippen LogP contribution in [0.2, 0.25) is 0 Å². The number of hydrogen-bond acceptors (Lipinski definition) is 5. The lowest BCUT2D eigenvalue weighted by atomic mass is 10.1. The molecule has 5 heteroatoms. The van der Waals surface area contributed by atoms with Crippen LogP contribution >= 0.6 is 23.1 Å². The van der Waals surface area contributed by atoms with E-state index in [2.05, 4.69) is 4.74 Å². The van der Waals surface area contributed by atoms with Crippen LogP contribution in [0, 0.1) is 0 Å². The Bertz CT molecular complexity index is 406. The predicted molar refractivity (Wildman–Crippen MR) is 56.6 cm³/mol. The van der Waals surface area contributed by atoms with Crippen molar-refractivity contribution in [1.29, 1.82) is 0 Å². The minimum Gasteiger partial charge on any atom is -0.507 e. The minimum absolute atomic E-state index is 0.0619. The number of aliphatic hydroxyl groups excluding tert-OH is 1. The van der Waals surface area contributed by atoms with Crippen LogP contribution in [0.25, 0.3) is 5.76 Å². The Morgan fingerprint density at radius 1 is 1.64 bits per heavy atom. The first-order valence-electron chi connectivity index (χ1n) is 3.95. The number of carbonyl (C=O) groups excluding carboxylic acids is 1. The summed E-state index contributed by atoms with van der Waals surface area (Å²) in [7, 11) is 1.32. The minimum atomic E-state index is -0.452. The van der Waals surface area contributed by atoms with Crippen LogP contribution in [0.3, 0.4) is 0 Å². The molecule has 1 aromatic heterocycles. The fourth-order valence-corrected chi connectivity index (χ4v) is 3.32. The van der Waals surface area contributed by atoms with Gasteiger partial charge >= 0.3 is 5.97 Å². The van der Waals surface area contributed by atoms with Gasteiger partial charge in [-0.1, -0.05) is 0 Å². The van der Waals surface area contributed by atoms with Crippen LogP contribution in [-0.2, 0) is 9.53 Å². The zero-order valence-electron chi connectivity index (χ0n) is 7.44. The third-order valence-electron chi connectivity index (χ3n) is 1.95. The summed E-state index contributed by atoms with van der Waals surface area (Å²) in [6.07, 6.45) is 0. The molecule has 3 nitrogen and oxygen atoms in total.